The lowest BCUT2D eigenvalue weighted by atomic mass is 9.84. The summed E-state index contributed by atoms with van der Waals surface area (Å²) in [6.07, 6.45) is 6.80. The second-order valence-corrected chi connectivity index (χ2v) is 5.68. The molecule has 1 aromatic rings. The van der Waals surface area contributed by atoms with Crippen molar-refractivity contribution in [2.24, 2.45) is 0 Å². The summed E-state index contributed by atoms with van der Waals surface area (Å²) in [5.74, 6) is 0. The molecule has 1 saturated heterocycles. The second-order valence-electron chi connectivity index (χ2n) is 4.77. The highest BCUT2D eigenvalue weighted by Gasteiger charge is 2.34. The van der Waals surface area contributed by atoms with E-state index in [0.29, 0.717) is 19.4 Å². The molecule has 2 atom stereocenters. The first kappa shape index (κ1) is 13.0. The first-order valence-corrected chi connectivity index (χ1v) is 6.84. The molecule has 0 amide bonds. The van der Waals surface area contributed by atoms with Crippen molar-refractivity contribution in [3.63, 3.8) is 0 Å². The van der Waals surface area contributed by atoms with Gasteiger partial charge in [-0.3, -0.25) is 4.98 Å². The molecule has 4 heteroatoms. The van der Waals surface area contributed by atoms with E-state index in [2.05, 4.69) is 27.8 Å². The number of aliphatic hydroxyl groups is 1. The van der Waals surface area contributed by atoms with Gasteiger partial charge in [-0.05, 0) is 40.4 Å². The molecular weight excluding hydrogens is 282 g/mol. The van der Waals surface area contributed by atoms with Gasteiger partial charge in [-0.1, -0.05) is 6.92 Å². The predicted octanol–water partition coefficient (Wildman–Crippen LogP) is 2.71. The smallest absolute Gasteiger partial charge is 0.0735 e. The largest absolute Gasteiger partial charge is 0.389 e. The van der Waals surface area contributed by atoms with Gasteiger partial charge in [0.1, 0.15) is 0 Å². The Morgan fingerprint density at radius 1 is 1.59 bits per heavy atom. The lowest BCUT2D eigenvalue weighted by molar-refractivity contribution is -0.103. The van der Waals surface area contributed by atoms with Gasteiger partial charge in [-0.25, -0.2) is 0 Å². The number of nitrogens with zero attached hydrogens (tertiary/aromatic N) is 1. The first-order valence-electron chi connectivity index (χ1n) is 6.05. The van der Waals surface area contributed by atoms with E-state index in [1.807, 2.05) is 12.3 Å². The highest BCUT2D eigenvalue weighted by Crippen LogP contribution is 2.30. The zero-order valence-corrected chi connectivity index (χ0v) is 11.6. The van der Waals surface area contributed by atoms with Gasteiger partial charge in [-0.15, -0.1) is 0 Å². The van der Waals surface area contributed by atoms with Crippen LogP contribution in [-0.2, 0) is 11.2 Å². The molecule has 2 unspecified atom stereocenters. The van der Waals surface area contributed by atoms with E-state index in [1.54, 1.807) is 6.20 Å². The molecule has 3 nitrogen and oxygen atoms in total. The lowest BCUT2D eigenvalue weighted by Crippen LogP contribution is -2.42. The van der Waals surface area contributed by atoms with E-state index in [-0.39, 0.29) is 6.10 Å². The third-order valence-corrected chi connectivity index (χ3v) is 3.71. The van der Waals surface area contributed by atoms with Crippen LogP contribution in [0.4, 0.5) is 0 Å². The maximum Gasteiger partial charge on any atom is 0.0735 e. The van der Waals surface area contributed by atoms with Gasteiger partial charge in [0, 0.05) is 36.3 Å². The molecule has 0 spiro atoms. The summed E-state index contributed by atoms with van der Waals surface area (Å²) in [5, 5.41) is 10.6. The Bertz CT molecular complexity index is 385. The highest BCUT2D eigenvalue weighted by molar-refractivity contribution is 9.10. The minimum Gasteiger partial charge on any atom is -0.389 e. The normalized spacial score (nSPS) is 29.2. The average Bonchev–Trinajstić information content (AvgIpc) is 2.28. The van der Waals surface area contributed by atoms with Crippen LogP contribution in [0, 0.1) is 0 Å². The minimum absolute atomic E-state index is 0.189. The van der Waals surface area contributed by atoms with Crippen LogP contribution in [-0.4, -0.2) is 28.4 Å². The summed E-state index contributed by atoms with van der Waals surface area (Å²) in [4.78, 5) is 4.13. The van der Waals surface area contributed by atoms with E-state index in [1.165, 1.54) is 0 Å². The number of hydrogen-bond acceptors (Lipinski definition) is 3. The molecule has 2 rings (SSSR count). The average molecular weight is 300 g/mol. The minimum atomic E-state index is -0.638. The molecule has 1 aliphatic rings. The molecule has 17 heavy (non-hydrogen) atoms. The maximum absolute atomic E-state index is 10.6. The number of halogens is 1. The summed E-state index contributed by atoms with van der Waals surface area (Å²) in [6.45, 7) is 2.74. The van der Waals surface area contributed by atoms with Crippen molar-refractivity contribution in [1.29, 1.82) is 0 Å². The Morgan fingerprint density at radius 3 is 3.12 bits per heavy atom. The Morgan fingerprint density at radius 2 is 2.41 bits per heavy atom. The first-order chi connectivity index (χ1) is 8.11. The number of pyridine rings is 1. The number of hydrogen-bond donors (Lipinski definition) is 1. The van der Waals surface area contributed by atoms with Crippen molar-refractivity contribution in [2.45, 2.75) is 44.3 Å². The number of ether oxygens (including phenoxy) is 1. The zero-order chi connectivity index (χ0) is 12.3. The zero-order valence-electron chi connectivity index (χ0n) is 10.0. The highest BCUT2D eigenvalue weighted by atomic mass is 79.9. The van der Waals surface area contributed by atoms with Crippen LogP contribution >= 0.6 is 15.9 Å². The van der Waals surface area contributed by atoms with E-state index < -0.39 is 5.60 Å². The van der Waals surface area contributed by atoms with Crippen LogP contribution in [0.2, 0.25) is 0 Å². The molecular formula is C13H18BrNO2. The van der Waals surface area contributed by atoms with Crippen molar-refractivity contribution >= 4 is 15.9 Å². The fraction of sp³-hybridized carbons (Fsp3) is 0.615. The van der Waals surface area contributed by atoms with Crippen LogP contribution in [0.1, 0.15) is 31.7 Å². The predicted molar refractivity (Wildman–Crippen MR) is 69.9 cm³/mol. The van der Waals surface area contributed by atoms with Gasteiger partial charge in [0.25, 0.3) is 0 Å². The van der Waals surface area contributed by atoms with Crippen LogP contribution in [0.15, 0.2) is 22.9 Å². The summed E-state index contributed by atoms with van der Waals surface area (Å²) in [6, 6.07) is 2.02. The number of rotatable bonds is 3. The standard InChI is InChI=1S/C13H18BrNO2/c1-2-12-7-13(16,3-4-17-12)6-10-5-11(14)9-15-8-10/h5,8-9,12,16H,2-4,6-7H2,1H3. The summed E-state index contributed by atoms with van der Waals surface area (Å²) >= 11 is 3.40. The van der Waals surface area contributed by atoms with Gasteiger partial charge in [0.2, 0.25) is 0 Å². The van der Waals surface area contributed by atoms with Gasteiger partial charge in [0.15, 0.2) is 0 Å². The molecule has 0 saturated carbocycles. The summed E-state index contributed by atoms with van der Waals surface area (Å²) < 4.78 is 6.56. The van der Waals surface area contributed by atoms with Crippen LogP contribution in [0.25, 0.3) is 0 Å². The monoisotopic (exact) mass is 299 g/mol. The Balaban J connectivity index is 2.06. The second kappa shape index (κ2) is 5.46. The van der Waals surface area contributed by atoms with Crippen molar-refractivity contribution in [3.05, 3.63) is 28.5 Å². The van der Waals surface area contributed by atoms with E-state index in [9.17, 15) is 5.11 Å². The molecule has 1 aromatic heterocycles. The van der Waals surface area contributed by atoms with Crippen molar-refractivity contribution in [3.8, 4) is 0 Å². The molecule has 2 heterocycles. The molecule has 0 radical (unpaired) electrons. The van der Waals surface area contributed by atoms with Crippen molar-refractivity contribution in [1.82, 2.24) is 4.98 Å². The van der Waals surface area contributed by atoms with Crippen molar-refractivity contribution < 1.29 is 9.84 Å². The molecule has 1 aliphatic heterocycles. The van der Waals surface area contributed by atoms with E-state index in [4.69, 9.17) is 4.74 Å². The Kier molecular flexibility index (Phi) is 4.17. The SMILES string of the molecule is CCC1CC(O)(Cc2cncc(Br)c2)CCO1. The summed E-state index contributed by atoms with van der Waals surface area (Å²) in [7, 11) is 0. The number of aromatic nitrogens is 1. The van der Waals surface area contributed by atoms with Crippen LogP contribution in [0.5, 0.6) is 0 Å². The fourth-order valence-electron chi connectivity index (χ4n) is 2.36. The van der Waals surface area contributed by atoms with Gasteiger partial charge in [-0.2, -0.15) is 0 Å². The molecule has 1 N–H and O–H groups in total. The van der Waals surface area contributed by atoms with Crippen LogP contribution in [0.3, 0.4) is 0 Å². The fourth-order valence-corrected chi connectivity index (χ4v) is 2.77. The third-order valence-electron chi connectivity index (χ3n) is 3.28. The van der Waals surface area contributed by atoms with Crippen LogP contribution < -0.4 is 0 Å². The van der Waals surface area contributed by atoms with E-state index >= 15 is 0 Å². The molecule has 0 aliphatic carbocycles. The van der Waals surface area contributed by atoms with Gasteiger partial charge < -0.3 is 9.84 Å². The lowest BCUT2D eigenvalue weighted by Gasteiger charge is -2.36. The Hall–Kier alpha value is -0.450. The van der Waals surface area contributed by atoms with Gasteiger partial charge >= 0.3 is 0 Å². The van der Waals surface area contributed by atoms with Gasteiger partial charge in [0.05, 0.1) is 11.7 Å². The topological polar surface area (TPSA) is 42.4 Å². The molecule has 0 bridgehead atoms. The molecule has 94 valence electrons. The quantitative estimate of drug-likeness (QED) is 0.933. The Labute approximate surface area is 110 Å². The molecule has 1 fully saturated rings. The van der Waals surface area contributed by atoms with Crippen molar-refractivity contribution in [2.75, 3.05) is 6.61 Å². The van der Waals surface area contributed by atoms with E-state index in [0.717, 1.165) is 22.9 Å². The molecule has 0 aromatic carbocycles. The summed E-state index contributed by atoms with van der Waals surface area (Å²) in [5.41, 5.74) is 0.431. The third kappa shape index (κ3) is 3.50. The maximum atomic E-state index is 10.6.